The third kappa shape index (κ3) is 3.38. The zero-order chi connectivity index (χ0) is 14.6. The molecule has 0 aromatic heterocycles. The molecule has 0 saturated carbocycles. The molecule has 4 nitrogen and oxygen atoms in total. The molecule has 0 N–H and O–H groups in total. The van der Waals surface area contributed by atoms with Crippen molar-refractivity contribution in [3.8, 4) is 6.07 Å². The number of hydrogen-bond acceptors (Lipinski definition) is 3. The number of nitriles is 1. The van der Waals surface area contributed by atoms with Gasteiger partial charge in [0.2, 0.25) is 10.0 Å². The van der Waals surface area contributed by atoms with Gasteiger partial charge in [-0.15, -0.1) is 0 Å². The fourth-order valence-corrected chi connectivity index (χ4v) is 3.99. The van der Waals surface area contributed by atoms with Crippen LogP contribution in [0, 0.1) is 17.2 Å². The van der Waals surface area contributed by atoms with Gasteiger partial charge in [-0.2, -0.15) is 9.57 Å². The van der Waals surface area contributed by atoms with E-state index in [1.54, 1.807) is 28.6 Å². The third-order valence-corrected chi connectivity index (χ3v) is 5.73. The molecule has 0 bridgehead atoms. The molecule has 2 rings (SSSR count). The van der Waals surface area contributed by atoms with E-state index in [2.05, 4.69) is 13.0 Å². The molecule has 1 heterocycles. The summed E-state index contributed by atoms with van der Waals surface area (Å²) in [5, 5.41) is 8.63. The molecule has 1 aliphatic rings. The minimum atomic E-state index is -3.39. The van der Waals surface area contributed by atoms with Crippen molar-refractivity contribution >= 4 is 10.0 Å². The van der Waals surface area contributed by atoms with Gasteiger partial charge in [-0.1, -0.05) is 19.1 Å². The average Bonchev–Trinajstić information content (AvgIpc) is 2.65. The molecular formula is C15H20N2O2S. The first-order valence-corrected chi connectivity index (χ1v) is 8.44. The van der Waals surface area contributed by atoms with Crippen LogP contribution in [0.3, 0.4) is 0 Å². The first-order valence-electron chi connectivity index (χ1n) is 7.00. The van der Waals surface area contributed by atoms with E-state index < -0.39 is 10.0 Å². The molecule has 108 valence electrons. The molecule has 1 aromatic rings. The van der Waals surface area contributed by atoms with Crippen molar-refractivity contribution in [2.45, 2.75) is 37.5 Å². The van der Waals surface area contributed by atoms with E-state index in [-0.39, 0.29) is 0 Å². The molecule has 0 radical (unpaired) electrons. The topological polar surface area (TPSA) is 61.2 Å². The molecular weight excluding hydrogens is 272 g/mol. The van der Waals surface area contributed by atoms with Gasteiger partial charge in [0.15, 0.2) is 0 Å². The van der Waals surface area contributed by atoms with Crippen LogP contribution >= 0.6 is 0 Å². The predicted molar refractivity (Wildman–Crippen MR) is 77.5 cm³/mol. The highest BCUT2D eigenvalue weighted by Crippen LogP contribution is 2.23. The summed E-state index contributed by atoms with van der Waals surface area (Å²) in [6.07, 6.45) is 3.24. The van der Waals surface area contributed by atoms with Gasteiger partial charge in [-0.3, -0.25) is 0 Å². The van der Waals surface area contributed by atoms with Crippen LogP contribution in [0.15, 0.2) is 29.2 Å². The molecule has 5 heteroatoms. The van der Waals surface area contributed by atoms with E-state index in [1.165, 1.54) is 0 Å². The molecule has 1 atom stereocenters. The van der Waals surface area contributed by atoms with Gasteiger partial charge < -0.3 is 0 Å². The van der Waals surface area contributed by atoms with Gasteiger partial charge in [0.25, 0.3) is 0 Å². The third-order valence-electron chi connectivity index (χ3n) is 3.82. The minimum Gasteiger partial charge on any atom is -0.207 e. The van der Waals surface area contributed by atoms with Crippen LogP contribution in [-0.2, 0) is 16.4 Å². The van der Waals surface area contributed by atoms with Gasteiger partial charge in [-0.05, 0) is 42.9 Å². The Bertz CT molecular complexity index is 587. The highest BCUT2D eigenvalue weighted by molar-refractivity contribution is 7.89. The van der Waals surface area contributed by atoms with Crippen LogP contribution < -0.4 is 0 Å². The molecule has 1 aromatic carbocycles. The standard InChI is InChI=1S/C15H20N2O2S/c1-13-3-2-11-17(12-9-13)20(18,19)15-6-4-14(5-7-15)8-10-16/h4-7,13H,2-3,8-9,11-12H2,1H3. The Labute approximate surface area is 121 Å². The second kappa shape index (κ2) is 6.38. The molecule has 1 aliphatic heterocycles. The lowest BCUT2D eigenvalue weighted by Gasteiger charge is -2.20. The van der Waals surface area contributed by atoms with Crippen LogP contribution in [0.2, 0.25) is 0 Å². The van der Waals surface area contributed by atoms with E-state index in [0.717, 1.165) is 24.8 Å². The van der Waals surface area contributed by atoms with E-state index in [0.29, 0.717) is 30.3 Å². The van der Waals surface area contributed by atoms with E-state index in [1.807, 2.05) is 0 Å². The highest BCUT2D eigenvalue weighted by Gasteiger charge is 2.26. The fraction of sp³-hybridized carbons (Fsp3) is 0.533. The highest BCUT2D eigenvalue weighted by atomic mass is 32.2. The van der Waals surface area contributed by atoms with Crippen LogP contribution in [0.4, 0.5) is 0 Å². The van der Waals surface area contributed by atoms with Crippen LogP contribution in [0.25, 0.3) is 0 Å². The van der Waals surface area contributed by atoms with Crippen molar-refractivity contribution in [3.63, 3.8) is 0 Å². The van der Waals surface area contributed by atoms with Gasteiger partial charge >= 0.3 is 0 Å². The number of rotatable bonds is 3. The lowest BCUT2D eigenvalue weighted by Crippen LogP contribution is -2.32. The lowest BCUT2D eigenvalue weighted by molar-refractivity contribution is 0.417. The summed E-state index contributed by atoms with van der Waals surface area (Å²) in [5.74, 6) is 0.591. The fourth-order valence-electron chi connectivity index (χ4n) is 2.50. The van der Waals surface area contributed by atoms with Gasteiger partial charge in [0, 0.05) is 13.1 Å². The molecule has 20 heavy (non-hydrogen) atoms. The number of benzene rings is 1. The Morgan fingerprint density at radius 2 is 1.95 bits per heavy atom. The molecule has 0 amide bonds. The summed E-state index contributed by atoms with van der Waals surface area (Å²) >= 11 is 0. The number of sulfonamides is 1. The molecule has 1 unspecified atom stereocenters. The quantitative estimate of drug-likeness (QED) is 0.860. The Hall–Kier alpha value is -1.38. The van der Waals surface area contributed by atoms with Gasteiger partial charge in [0.1, 0.15) is 0 Å². The zero-order valence-corrected chi connectivity index (χ0v) is 12.6. The second-order valence-electron chi connectivity index (χ2n) is 5.42. The summed E-state index contributed by atoms with van der Waals surface area (Å²) in [5.41, 5.74) is 0.843. The number of hydrogen-bond donors (Lipinski definition) is 0. The van der Waals surface area contributed by atoms with Crippen LogP contribution in [-0.4, -0.2) is 25.8 Å². The predicted octanol–water partition coefficient (Wildman–Crippen LogP) is 2.56. The molecule has 1 saturated heterocycles. The summed E-state index contributed by atoms with van der Waals surface area (Å²) in [6.45, 7) is 3.38. The molecule has 1 fully saturated rings. The van der Waals surface area contributed by atoms with E-state index in [9.17, 15) is 8.42 Å². The van der Waals surface area contributed by atoms with Crippen molar-refractivity contribution in [1.29, 1.82) is 5.26 Å². The maximum atomic E-state index is 12.6. The molecule has 0 spiro atoms. The normalized spacial score (nSPS) is 21.1. The van der Waals surface area contributed by atoms with Crippen LogP contribution in [0.1, 0.15) is 31.7 Å². The number of nitrogens with zero attached hydrogens (tertiary/aromatic N) is 2. The lowest BCUT2D eigenvalue weighted by atomic mass is 10.0. The summed E-state index contributed by atoms with van der Waals surface area (Å²) in [7, 11) is -3.39. The maximum Gasteiger partial charge on any atom is 0.243 e. The van der Waals surface area contributed by atoms with Crippen molar-refractivity contribution in [2.24, 2.45) is 5.92 Å². The largest absolute Gasteiger partial charge is 0.243 e. The van der Waals surface area contributed by atoms with Crippen LogP contribution in [0.5, 0.6) is 0 Å². The van der Waals surface area contributed by atoms with Gasteiger partial charge in [-0.25, -0.2) is 8.42 Å². The smallest absolute Gasteiger partial charge is 0.207 e. The Morgan fingerprint density at radius 1 is 1.25 bits per heavy atom. The summed E-state index contributed by atoms with van der Waals surface area (Å²) in [6, 6.07) is 8.71. The van der Waals surface area contributed by atoms with Crippen molar-refractivity contribution in [1.82, 2.24) is 4.31 Å². The monoisotopic (exact) mass is 292 g/mol. The minimum absolute atomic E-state index is 0.307. The Kier molecular flexibility index (Phi) is 4.79. The van der Waals surface area contributed by atoms with Crippen molar-refractivity contribution in [2.75, 3.05) is 13.1 Å². The summed E-state index contributed by atoms with van der Waals surface area (Å²) < 4.78 is 26.7. The zero-order valence-electron chi connectivity index (χ0n) is 11.7. The Morgan fingerprint density at radius 3 is 2.60 bits per heavy atom. The first-order chi connectivity index (χ1) is 9.54. The molecule has 0 aliphatic carbocycles. The maximum absolute atomic E-state index is 12.6. The summed E-state index contributed by atoms with van der Waals surface area (Å²) in [4.78, 5) is 0.328. The first kappa shape index (κ1) is 15.0. The van der Waals surface area contributed by atoms with Crippen molar-refractivity contribution < 1.29 is 8.42 Å². The Balaban J connectivity index is 2.19. The van der Waals surface area contributed by atoms with E-state index in [4.69, 9.17) is 5.26 Å². The average molecular weight is 292 g/mol. The van der Waals surface area contributed by atoms with Crippen molar-refractivity contribution in [3.05, 3.63) is 29.8 Å². The van der Waals surface area contributed by atoms with E-state index >= 15 is 0 Å². The second-order valence-corrected chi connectivity index (χ2v) is 7.36. The SMILES string of the molecule is CC1CCCN(S(=O)(=O)c2ccc(CC#N)cc2)CC1. The van der Waals surface area contributed by atoms with Gasteiger partial charge in [0.05, 0.1) is 17.4 Å².